The number of allylic oxidation sites excluding steroid dienone is 4. The number of fused-ring (bicyclic) bond motifs is 1. The van der Waals surface area contributed by atoms with Crippen LogP contribution in [0.5, 0.6) is 0 Å². The van der Waals surface area contributed by atoms with Crippen molar-refractivity contribution in [3.8, 4) is 0 Å². The van der Waals surface area contributed by atoms with E-state index in [0.29, 0.717) is 0 Å². The van der Waals surface area contributed by atoms with Crippen LogP contribution in [-0.4, -0.2) is 0 Å². The van der Waals surface area contributed by atoms with Crippen LogP contribution in [-0.2, 0) is 10.8 Å². The summed E-state index contributed by atoms with van der Waals surface area (Å²) in [6, 6.07) is 8.94. The molecule has 0 saturated carbocycles. The molecular formula is C22H28. The third kappa shape index (κ3) is 2.75. The first kappa shape index (κ1) is 16.5. The summed E-state index contributed by atoms with van der Waals surface area (Å²) in [6.07, 6.45) is 14.6. The third-order valence-corrected chi connectivity index (χ3v) is 5.29. The summed E-state index contributed by atoms with van der Waals surface area (Å²) in [6.45, 7) is 16.0. The standard InChI is InChI=1S/C22H28/c1-5-13-21(14-6-2)17-18-22(15-7-3,16-8-4)20-12-10-9-11-19(20)21/h5-12H,1-4,13-18H2. The molecule has 0 heteroatoms. The molecular weight excluding hydrogens is 264 g/mol. The minimum absolute atomic E-state index is 0.159. The molecule has 0 bridgehead atoms. The Bertz CT molecular complexity index is 490. The monoisotopic (exact) mass is 292 g/mol. The Kier molecular flexibility index (Phi) is 5.24. The van der Waals surface area contributed by atoms with E-state index in [2.05, 4.69) is 74.9 Å². The first-order chi connectivity index (χ1) is 10.7. The number of benzene rings is 1. The van der Waals surface area contributed by atoms with E-state index in [0.717, 1.165) is 25.7 Å². The van der Waals surface area contributed by atoms with Gasteiger partial charge in [0.05, 0.1) is 0 Å². The van der Waals surface area contributed by atoms with Gasteiger partial charge in [-0.15, -0.1) is 26.3 Å². The molecule has 0 atom stereocenters. The molecule has 116 valence electrons. The van der Waals surface area contributed by atoms with Crippen LogP contribution >= 0.6 is 0 Å². The van der Waals surface area contributed by atoms with Crippen molar-refractivity contribution in [1.82, 2.24) is 0 Å². The van der Waals surface area contributed by atoms with Crippen molar-refractivity contribution in [2.24, 2.45) is 0 Å². The molecule has 1 aromatic carbocycles. The SMILES string of the molecule is C=CCC1(CC=C)CCC(CC=C)(CC=C)c2ccccc21. The highest BCUT2D eigenvalue weighted by Gasteiger charge is 2.44. The zero-order valence-corrected chi connectivity index (χ0v) is 13.7. The summed E-state index contributed by atoms with van der Waals surface area (Å²) in [4.78, 5) is 0. The van der Waals surface area contributed by atoms with E-state index in [-0.39, 0.29) is 10.8 Å². The van der Waals surface area contributed by atoms with Gasteiger partial charge < -0.3 is 0 Å². The minimum Gasteiger partial charge on any atom is -0.103 e. The molecule has 0 aliphatic heterocycles. The van der Waals surface area contributed by atoms with Crippen LogP contribution in [0.1, 0.15) is 49.7 Å². The smallest absolute Gasteiger partial charge is 0.00249 e. The van der Waals surface area contributed by atoms with Crippen LogP contribution in [0.4, 0.5) is 0 Å². The van der Waals surface area contributed by atoms with Crippen molar-refractivity contribution < 1.29 is 0 Å². The predicted octanol–water partition coefficient (Wildman–Crippen LogP) is 6.26. The molecule has 0 N–H and O–H groups in total. The molecule has 1 aliphatic rings. The van der Waals surface area contributed by atoms with Crippen molar-refractivity contribution in [1.29, 1.82) is 0 Å². The topological polar surface area (TPSA) is 0 Å². The molecule has 0 fully saturated rings. The fourth-order valence-corrected chi connectivity index (χ4v) is 4.28. The van der Waals surface area contributed by atoms with E-state index in [1.807, 2.05) is 0 Å². The average Bonchev–Trinajstić information content (AvgIpc) is 2.53. The molecule has 1 aromatic rings. The van der Waals surface area contributed by atoms with Crippen LogP contribution in [0, 0.1) is 0 Å². The van der Waals surface area contributed by atoms with Gasteiger partial charge in [-0.05, 0) is 49.7 Å². The Balaban J connectivity index is 2.62. The van der Waals surface area contributed by atoms with Gasteiger partial charge in [0.15, 0.2) is 0 Å². The Morgan fingerprint density at radius 2 is 1.00 bits per heavy atom. The zero-order valence-electron chi connectivity index (χ0n) is 13.7. The third-order valence-electron chi connectivity index (χ3n) is 5.29. The van der Waals surface area contributed by atoms with Crippen molar-refractivity contribution in [3.63, 3.8) is 0 Å². The van der Waals surface area contributed by atoms with Gasteiger partial charge in [0.25, 0.3) is 0 Å². The maximum atomic E-state index is 4.00. The van der Waals surface area contributed by atoms with E-state index in [1.165, 1.54) is 24.0 Å². The first-order valence-corrected chi connectivity index (χ1v) is 8.21. The van der Waals surface area contributed by atoms with E-state index >= 15 is 0 Å². The highest BCUT2D eigenvalue weighted by molar-refractivity contribution is 5.44. The summed E-state index contributed by atoms with van der Waals surface area (Å²) in [5.74, 6) is 0. The Morgan fingerprint density at radius 3 is 1.27 bits per heavy atom. The summed E-state index contributed by atoms with van der Waals surface area (Å²) < 4.78 is 0. The second kappa shape index (κ2) is 6.96. The van der Waals surface area contributed by atoms with Gasteiger partial charge in [-0.2, -0.15) is 0 Å². The van der Waals surface area contributed by atoms with E-state index in [4.69, 9.17) is 0 Å². The van der Waals surface area contributed by atoms with Crippen LogP contribution < -0.4 is 0 Å². The van der Waals surface area contributed by atoms with Crippen molar-refractivity contribution in [3.05, 3.63) is 86.0 Å². The molecule has 0 radical (unpaired) electrons. The van der Waals surface area contributed by atoms with Gasteiger partial charge in [-0.3, -0.25) is 0 Å². The van der Waals surface area contributed by atoms with Gasteiger partial charge in [0, 0.05) is 10.8 Å². The minimum atomic E-state index is 0.159. The summed E-state index contributed by atoms with van der Waals surface area (Å²) in [7, 11) is 0. The Labute approximate surface area is 136 Å². The zero-order chi connectivity index (χ0) is 16.1. The van der Waals surface area contributed by atoms with Gasteiger partial charge in [0.1, 0.15) is 0 Å². The van der Waals surface area contributed by atoms with Gasteiger partial charge in [0.2, 0.25) is 0 Å². The van der Waals surface area contributed by atoms with Gasteiger partial charge in [-0.1, -0.05) is 48.6 Å². The van der Waals surface area contributed by atoms with Gasteiger partial charge in [-0.25, -0.2) is 0 Å². The van der Waals surface area contributed by atoms with Crippen LogP contribution in [0.3, 0.4) is 0 Å². The summed E-state index contributed by atoms with van der Waals surface area (Å²) in [5.41, 5.74) is 3.27. The molecule has 1 aliphatic carbocycles. The fraction of sp³-hybridized carbons (Fsp3) is 0.364. The average molecular weight is 292 g/mol. The molecule has 0 saturated heterocycles. The van der Waals surface area contributed by atoms with Gasteiger partial charge >= 0.3 is 0 Å². The molecule has 0 heterocycles. The van der Waals surface area contributed by atoms with Crippen LogP contribution in [0.15, 0.2) is 74.9 Å². The van der Waals surface area contributed by atoms with E-state index in [1.54, 1.807) is 0 Å². The van der Waals surface area contributed by atoms with Crippen molar-refractivity contribution >= 4 is 0 Å². The molecule has 2 rings (SSSR count). The van der Waals surface area contributed by atoms with E-state index in [9.17, 15) is 0 Å². The molecule has 0 unspecified atom stereocenters. The second-order valence-corrected chi connectivity index (χ2v) is 6.58. The molecule has 0 spiro atoms. The Hall–Kier alpha value is -1.82. The maximum absolute atomic E-state index is 4.00. The molecule has 0 amide bonds. The summed E-state index contributed by atoms with van der Waals surface area (Å²) in [5, 5.41) is 0. The highest BCUT2D eigenvalue weighted by Crippen LogP contribution is 2.52. The van der Waals surface area contributed by atoms with Crippen molar-refractivity contribution in [2.45, 2.75) is 49.4 Å². The van der Waals surface area contributed by atoms with Crippen LogP contribution in [0.25, 0.3) is 0 Å². The lowest BCUT2D eigenvalue weighted by atomic mass is 9.56. The highest BCUT2D eigenvalue weighted by atomic mass is 14.5. The lowest BCUT2D eigenvalue weighted by Gasteiger charge is -2.47. The fourth-order valence-electron chi connectivity index (χ4n) is 4.28. The predicted molar refractivity (Wildman–Crippen MR) is 98.3 cm³/mol. The second-order valence-electron chi connectivity index (χ2n) is 6.58. The Morgan fingerprint density at radius 1 is 0.682 bits per heavy atom. The largest absolute Gasteiger partial charge is 0.103 e. The molecule has 0 nitrogen and oxygen atoms in total. The van der Waals surface area contributed by atoms with Crippen LogP contribution in [0.2, 0.25) is 0 Å². The maximum Gasteiger partial charge on any atom is 0.00249 e. The molecule has 22 heavy (non-hydrogen) atoms. The first-order valence-electron chi connectivity index (χ1n) is 8.21. The lowest BCUT2D eigenvalue weighted by Crippen LogP contribution is -2.40. The van der Waals surface area contributed by atoms with E-state index < -0.39 is 0 Å². The lowest BCUT2D eigenvalue weighted by molar-refractivity contribution is 0.267. The normalized spacial score (nSPS) is 18.0. The molecule has 0 aromatic heterocycles. The quantitative estimate of drug-likeness (QED) is 0.496. The number of rotatable bonds is 8. The summed E-state index contributed by atoms with van der Waals surface area (Å²) >= 11 is 0. The number of hydrogen-bond donors (Lipinski definition) is 0. The van der Waals surface area contributed by atoms with Crippen molar-refractivity contribution in [2.75, 3.05) is 0 Å². The number of hydrogen-bond acceptors (Lipinski definition) is 0.